The smallest absolute Gasteiger partial charge is 0.313 e. The highest BCUT2D eigenvalue weighted by atomic mass is 16.6. The normalized spacial score (nSPS) is 20.7. The zero-order valence-corrected chi connectivity index (χ0v) is 36.5. The standard InChI is InChI=1S/C50H50N4O10/c1-31(56)20-44(57)62-29-37-23-38(53(58)59)21-34-18-19-50(64-45(34)37)48(4,5)41-12-8-9-13-42(41)52(50)27-33-16-14-32(15-17-33)26-51-30-49(25-35-10-6-7-11-40(35)47(49,2)3)63-46-36(28-55)22-39(54(60)61)24-43(46)51/h6-17,21-24,55H,18-20,25-30H2,1-5H3. The number of hydrogen-bond acceptors (Lipinski definition) is 12. The summed E-state index contributed by atoms with van der Waals surface area (Å²) >= 11 is 0. The quantitative estimate of drug-likeness (QED) is 0.0580. The van der Waals surface area contributed by atoms with Crippen molar-refractivity contribution in [2.75, 3.05) is 16.3 Å². The monoisotopic (exact) mass is 866 g/mol. The van der Waals surface area contributed by atoms with E-state index in [1.54, 1.807) is 6.07 Å². The molecule has 2 spiro atoms. The molecular formula is C50H50N4O10. The highest BCUT2D eigenvalue weighted by Crippen LogP contribution is 2.58. The molecule has 14 nitrogen and oxygen atoms in total. The Kier molecular flexibility index (Phi) is 10.3. The van der Waals surface area contributed by atoms with Crippen molar-refractivity contribution in [1.82, 2.24) is 0 Å². The van der Waals surface area contributed by atoms with E-state index >= 15 is 0 Å². The number of ketones is 1. The van der Waals surface area contributed by atoms with Crippen molar-refractivity contribution < 1.29 is 38.8 Å². The number of carbonyl (C=O) groups excluding carboxylic acids is 2. The summed E-state index contributed by atoms with van der Waals surface area (Å²) in [5.41, 5.74) is 5.42. The lowest BCUT2D eigenvalue weighted by atomic mass is 9.73. The average Bonchev–Trinajstić information content (AvgIpc) is 3.58. The molecule has 2 unspecified atom stereocenters. The van der Waals surface area contributed by atoms with Crippen molar-refractivity contribution in [3.63, 3.8) is 0 Å². The van der Waals surface area contributed by atoms with Crippen molar-refractivity contribution in [3.8, 4) is 11.5 Å². The number of aryl methyl sites for hydroxylation is 1. The van der Waals surface area contributed by atoms with E-state index in [4.69, 9.17) is 14.2 Å². The van der Waals surface area contributed by atoms with Crippen molar-refractivity contribution in [2.24, 2.45) is 0 Å². The lowest BCUT2D eigenvalue weighted by molar-refractivity contribution is -0.385. The molecule has 1 aliphatic carbocycles. The Bertz CT molecular complexity index is 2750. The van der Waals surface area contributed by atoms with Crippen LogP contribution < -0.4 is 19.3 Å². The molecular weight excluding hydrogens is 817 g/mol. The summed E-state index contributed by atoms with van der Waals surface area (Å²) < 4.78 is 19.6. The summed E-state index contributed by atoms with van der Waals surface area (Å²) in [6.45, 7) is 10.5. The molecule has 0 amide bonds. The number of benzene rings is 5. The Morgan fingerprint density at radius 2 is 1.39 bits per heavy atom. The number of Topliss-reactive ketones (excluding diaryl/α,β-unsaturated/α-hetero) is 1. The molecule has 1 N–H and O–H groups in total. The van der Waals surface area contributed by atoms with Gasteiger partial charge in [-0.2, -0.15) is 0 Å². The molecule has 14 heteroatoms. The maximum Gasteiger partial charge on any atom is 0.313 e. The van der Waals surface area contributed by atoms with E-state index in [0.29, 0.717) is 72.8 Å². The van der Waals surface area contributed by atoms with E-state index in [-0.39, 0.29) is 23.8 Å². The van der Waals surface area contributed by atoms with Crippen LogP contribution in [0.15, 0.2) is 97.1 Å². The number of anilines is 2. The summed E-state index contributed by atoms with van der Waals surface area (Å²) in [7, 11) is 0. The molecule has 0 saturated heterocycles. The highest BCUT2D eigenvalue weighted by molar-refractivity contribution is 5.94. The number of hydrogen-bond donors (Lipinski definition) is 1. The minimum atomic E-state index is -0.951. The van der Waals surface area contributed by atoms with Gasteiger partial charge in [-0.15, -0.1) is 0 Å². The molecule has 64 heavy (non-hydrogen) atoms. The fraction of sp³-hybridized carbons (Fsp3) is 0.360. The minimum absolute atomic E-state index is 0.119. The Labute approximate surface area is 370 Å². The van der Waals surface area contributed by atoms with Gasteiger partial charge in [0.15, 0.2) is 5.72 Å². The van der Waals surface area contributed by atoms with Gasteiger partial charge in [0.1, 0.15) is 35.9 Å². The zero-order chi connectivity index (χ0) is 45.3. The van der Waals surface area contributed by atoms with Crippen LogP contribution in [0.5, 0.6) is 11.5 Å². The molecule has 0 fully saturated rings. The second kappa shape index (κ2) is 15.5. The van der Waals surface area contributed by atoms with Crippen LogP contribution in [-0.2, 0) is 64.3 Å². The van der Waals surface area contributed by atoms with E-state index in [1.165, 1.54) is 36.2 Å². The average molecular weight is 867 g/mol. The van der Waals surface area contributed by atoms with Gasteiger partial charge in [0.25, 0.3) is 11.4 Å². The number of para-hydroxylation sites is 1. The Morgan fingerprint density at radius 3 is 2.06 bits per heavy atom. The Balaban J connectivity index is 1.04. The lowest BCUT2D eigenvalue weighted by Gasteiger charge is -2.50. The molecule has 3 aliphatic heterocycles. The summed E-state index contributed by atoms with van der Waals surface area (Å²) in [6, 6.07) is 30.6. The third kappa shape index (κ3) is 6.82. The number of ether oxygens (including phenoxy) is 3. The number of nitro benzene ring substituents is 2. The van der Waals surface area contributed by atoms with E-state index in [0.717, 1.165) is 22.4 Å². The second-order valence-corrected chi connectivity index (χ2v) is 18.6. The van der Waals surface area contributed by atoms with Crippen LogP contribution in [0.1, 0.15) is 92.0 Å². The van der Waals surface area contributed by atoms with Crippen molar-refractivity contribution in [3.05, 3.63) is 162 Å². The van der Waals surface area contributed by atoms with Gasteiger partial charge >= 0.3 is 5.97 Å². The highest BCUT2D eigenvalue weighted by Gasteiger charge is 2.61. The molecule has 0 saturated carbocycles. The number of non-ortho nitro benzene ring substituents is 2. The first kappa shape index (κ1) is 42.5. The number of esters is 1. The predicted octanol–water partition coefficient (Wildman–Crippen LogP) is 8.71. The van der Waals surface area contributed by atoms with E-state index in [9.17, 15) is 34.9 Å². The first-order valence-corrected chi connectivity index (χ1v) is 21.5. The SMILES string of the molecule is CC(=O)CC(=O)OCc1cc([N+](=O)[O-])cc2c1OC1(CC2)N(Cc2ccc(CN3CC4(Cc5ccccc5C4(C)C)Oc4c(CO)cc([N+](=O)[O-])cc43)cc2)c2ccccc2C1(C)C. The number of nitro groups is 2. The van der Waals surface area contributed by atoms with Gasteiger partial charge in [-0.25, -0.2) is 0 Å². The van der Waals surface area contributed by atoms with Gasteiger partial charge in [-0.3, -0.25) is 29.8 Å². The van der Waals surface area contributed by atoms with Crippen LogP contribution in [0.3, 0.4) is 0 Å². The molecule has 5 aromatic rings. The maximum atomic E-state index is 12.5. The number of aliphatic hydroxyl groups is 1. The van der Waals surface area contributed by atoms with Gasteiger partial charge in [0.05, 0.1) is 34.1 Å². The van der Waals surface area contributed by atoms with Crippen LogP contribution in [0.25, 0.3) is 0 Å². The predicted molar refractivity (Wildman–Crippen MR) is 239 cm³/mol. The number of rotatable bonds is 11. The first-order chi connectivity index (χ1) is 30.5. The number of nitrogens with zero attached hydrogens (tertiary/aromatic N) is 4. The number of aliphatic hydroxyl groups excluding tert-OH is 1. The molecule has 0 bridgehead atoms. The molecule has 9 rings (SSSR count). The van der Waals surface area contributed by atoms with Crippen molar-refractivity contribution in [2.45, 2.75) is 109 Å². The van der Waals surface area contributed by atoms with Crippen LogP contribution in [0.2, 0.25) is 0 Å². The fourth-order valence-corrected chi connectivity index (χ4v) is 10.6. The van der Waals surface area contributed by atoms with Gasteiger partial charge in [0.2, 0.25) is 0 Å². The molecule has 3 heterocycles. The van der Waals surface area contributed by atoms with E-state index in [1.807, 2.05) is 24.3 Å². The molecule has 2 atom stereocenters. The van der Waals surface area contributed by atoms with Gasteiger partial charge < -0.3 is 29.1 Å². The third-order valence-electron chi connectivity index (χ3n) is 14.1. The Hall–Kier alpha value is -6.80. The zero-order valence-electron chi connectivity index (χ0n) is 36.5. The van der Waals surface area contributed by atoms with Gasteiger partial charge in [-0.05, 0) is 61.1 Å². The van der Waals surface area contributed by atoms with Crippen molar-refractivity contribution >= 4 is 34.5 Å². The molecule has 0 aromatic heterocycles. The molecule has 4 aliphatic rings. The summed E-state index contributed by atoms with van der Waals surface area (Å²) in [4.78, 5) is 51.8. The van der Waals surface area contributed by atoms with Crippen LogP contribution >= 0.6 is 0 Å². The van der Waals surface area contributed by atoms with Crippen LogP contribution in [0, 0.1) is 20.2 Å². The van der Waals surface area contributed by atoms with E-state index < -0.39 is 51.0 Å². The molecule has 330 valence electrons. The Morgan fingerprint density at radius 1 is 0.750 bits per heavy atom. The molecule has 0 radical (unpaired) electrons. The second-order valence-electron chi connectivity index (χ2n) is 18.6. The number of carbonyl (C=O) groups is 2. The fourth-order valence-electron chi connectivity index (χ4n) is 10.6. The third-order valence-corrected chi connectivity index (χ3v) is 14.1. The first-order valence-electron chi connectivity index (χ1n) is 21.5. The maximum absolute atomic E-state index is 12.5. The van der Waals surface area contributed by atoms with Gasteiger partial charge in [-0.1, -0.05) is 80.6 Å². The summed E-state index contributed by atoms with van der Waals surface area (Å²) in [5, 5.41) is 34.7. The van der Waals surface area contributed by atoms with E-state index in [2.05, 4.69) is 86.0 Å². The van der Waals surface area contributed by atoms with Crippen LogP contribution in [-0.4, -0.2) is 44.6 Å². The largest absolute Gasteiger partial charge is 0.482 e. The summed E-state index contributed by atoms with van der Waals surface area (Å²) in [5.74, 6) is -0.190. The minimum Gasteiger partial charge on any atom is -0.482 e. The number of fused-ring (bicyclic) bond motifs is 4. The van der Waals surface area contributed by atoms with Gasteiger partial charge in [0, 0.05) is 78.0 Å². The van der Waals surface area contributed by atoms with Crippen molar-refractivity contribution in [1.29, 1.82) is 0 Å². The molecule has 5 aromatic carbocycles. The lowest BCUT2D eigenvalue weighted by Crippen LogP contribution is -2.61. The summed E-state index contributed by atoms with van der Waals surface area (Å²) in [6.07, 6.45) is 1.19. The topological polar surface area (TPSA) is 175 Å². The van der Waals surface area contributed by atoms with Crippen LogP contribution in [0.4, 0.5) is 22.7 Å².